The van der Waals surface area contributed by atoms with Crippen molar-refractivity contribution in [1.29, 1.82) is 0 Å². The molecule has 4 heteroatoms. The van der Waals surface area contributed by atoms with E-state index in [2.05, 4.69) is 0 Å². The molecule has 4 nitrogen and oxygen atoms in total. The second-order valence-corrected chi connectivity index (χ2v) is 2.99. The first-order valence-electron chi connectivity index (χ1n) is 11.1. The molecule has 2 unspecified atom stereocenters. The van der Waals surface area contributed by atoms with Gasteiger partial charge in [0.1, 0.15) is 0 Å². The summed E-state index contributed by atoms with van der Waals surface area (Å²) >= 11 is 0. The van der Waals surface area contributed by atoms with E-state index in [-0.39, 0.29) is 0 Å². The Morgan fingerprint density at radius 2 is 2.06 bits per heavy atom. The molecule has 2 atom stereocenters. The molecule has 0 aliphatic heterocycles. The number of rotatable bonds is 3. The van der Waals surface area contributed by atoms with Crippen molar-refractivity contribution in [3.63, 3.8) is 0 Å². The number of hydrogen-bond donors (Lipinski definition) is 2. The molecule has 0 saturated heterocycles. The molecule has 16 heavy (non-hydrogen) atoms. The summed E-state index contributed by atoms with van der Waals surface area (Å²) in [6, 6.07) is -7.97. The molecule has 1 rings (SSSR count). The van der Waals surface area contributed by atoms with E-state index < -0.39 is 78.9 Å². The number of nitrogens with two attached hydrogens (primary N) is 1. The van der Waals surface area contributed by atoms with Gasteiger partial charge in [-0.3, -0.25) is 4.79 Å². The Hall–Kier alpha value is -1.39. The standard InChI is InChI=1S/C12H18N2O2/c1-12(2,3)14(16)10(11(13)15)9-7-5-4-6-8-9/h4-8,10,14H,1-3H3,(H2,13,15)/i1D3,2D3,3D3,4D,5D,6D,7D,8D,11+1. The number of hydrogen-bond acceptors (Lipinski definition) is 2. The van der Waals surface area contributed by atoms with Gasteiger partial charge in [-0.1, -0.05) is 30.2 Å². The van der Waals surface area contributed by atoms with Gasteiger partial charge in [-0.2, -0.15) is 0 Å². The van der Waals surface area contributed by atoms with Gasteiger partial charge in [-0.05, 0) is 20.6 Å². The lowest BCUT2D eigenvalue weighted by molar-refractivity contribution is -0.919. The minimum atomic E-state index is -4.13. The molecule has 88 valence electrons. The van der Waals surface area contributed by atoms with Crippen molar-refractivity contribution in [1.82, 2.24) is 0 Å². The molecule has 0 spiro atoms. The fourth-order valence-corrected chi connectivity index (χ4v) is 1.02. The lowest BCUT2D eigenvalue weighted by Gasteiger charge is -2.40. The zero-order valence-corrected chi connectivity index (χ0v) is 7.97. The summed E-state index contributed by atoms with van der Waals surface area (Å²) in [5, 5.41) is 11.0. The highest BCUT2D eigenvalue weighted by Crippen LogP contribution is 2.11. The fraction of sp³-hybridized carbons (Fsp3) is 0.417. The Bertz CT molecular complexity index is 778. The Kier molecular flexibility index (Phi) is 0.958. The van der Waals surface area contributed by atoms with Crippen LogP contribution in [0.2, 0.25) is 0 Å². The Balaban J connectivity index is 4.12. The molecule has 0 bridgehead atoms. The molecule has 1 aromatic carbocycles. The zero-order valence-electron chi connectivity index (χ0n) is 22.0. The molecule has 0 aliphatic rings. The van der Waals surface area contributed by atoms with Crippen LogP contribution in [-0.2, 0) is 4.79 Å². The highest BCUT2D eigenvalue weighted by molar-refractivity contribution is 5.80. The molecule has 0 aromatic heterocycles. The summed E-state index contributed by atoms with van der Waals surface area (Å²) in [6.45, 7) is -12.0. The molecular weight excluding hydrogens is 205 g/mol. The van der Waals surface area contributed by atoms with Crippen LogP contribution in [0.15, 0.2) is 30.2 Å². The minimum Gasteiger partial charge on any atom is -0.633 e. The summed E-state index contributed by atoms with van der Waals surface area (Å²) in [7, 11) is 0. The van der Waals surface area contributed by atoms with Crippen LogP contribution in [0.3, 0.4) is 0 Å². The average molecular weight is 237 g/mol. The first-order chi connectivity index (χ1) is 13.2. The number of primary amides is 1. The summed E-state index contributed by atoms with van der Waals surface area (Å²) in [5.41, 5.74) is -0.115. The number of benzene rings is 1. The van der Waals surface area contributed by atoms with Gasteiger partial charge < -0.3 is 16.0 Å². The number of carbonyl (C=O) groups is 1. The molecule has 0 fully saturated rings. The van der Waals surface area contributed by atoms with Crippen molar-refractivity contribution < 1.29 is 29.0 Å². The topological polar surface area (TPSA) is 70.6 Å². The van der Waals surface area contributed by atoms with Gasteiger partial charge >= 0.3 is 0 Å². The highest BCUT2D eigenvalue weighted by atomic mass is 16.5. The number of hydroxylamine groups is 2. The second kappa shape index (κ2) is 4.63. The Morgan fingerprint density at radius 3 is 2.50 bits per heavy atom. The van der Waals surface area contributed by atoms with Crippen molar-refractivity contribution in [3.8, 4) is 0 Å². The first-order valence-corrected chi connectivity index (χ1v) is 4.06. The van der Waals surface area contributed by atoms with E-state index in [1.807, 2.05) is 0 Å². The van der Waals surface area contributed by atoms with E-state index in [1.165, 1.54) is 0 Å². The van der Waals surface area contributed by atoms with Crippen LogP contribution in [0.4, 0.5) is 0 Å². The third-order valence-corrected chi connectivity index (χ3v) is 1.72. The maximum absolute atomic E-state index is 13.2. The molecule has 0 aliphatic carbocycles. The van der Waals surface area contributed by atoms with Crippen molar-refractivity contribution in [3.05, 3.63) is 41.0 Å². The number of quaternary nitrogens is 1. The van der Waals surface area contributed by atoms with Crippen LogP contribution in [-0.4, -0.2) is 11.4 Å². The first kappa shape index (κ1) is 3.31. The summed E-state index contributed by atoms with van der Waals surface area (Å²) in [5.74, 6) is -1.78. The van der Waals surface area contributed by atoms with Gasteiger partial charge in [0.25, 0.3) is 5.91 Å². The zero-order chi connectivity index (χ0) is 24.2. The smallest absolute Gasteiger partial charge is 0.280 e. The Labute approximate surface area is 115 Å². The quantitative estimate of drug-likeness (QED) is 0.590. The van der Waals surface area contributed by atoms with Crippen LogP contribution < -0.4 is 10.8 Å². The van der Waals surface area contributed by atoms with E-state index in [4.69, 9.17) is 24.9 Å². The van der Waals surface area contributed by atoms with Crippen LogP contribution in [0.1, 0.15) is 51.4 Å². The largest absolute Gasteiger partial charge is 0.633 e. The normalized spacial score (nSPS) is 30.6. The molecule has 1 aromatic rings. The number of carbonyl (C=O) groups excluding carboxylic acids is 1. The van der Waals surface area contributed by atoms with Crippen molar-refractivity contribution in [2.75, 3.05) is 0 Å². The van der Waals surface area contributed by atoms with Crippen LogP contribution >= 0.6 is 0 Å². The summed E-state index contributed by atoms with van der Waals surface area (Å²) in [6.07, 6.45) is 0. The molecule has 0 radical (unpaired) electrons. The molecule has 0 saturated carbocycles. The van der Waals surface area contributed by atoms with Gasteiger partial charge in [0.2, 0.25) is 0 Å². The maximum atomic E-state index is 13.2. The maximum Gasteiger partial charge on any atom is 0.280 e. The van der Waals surface area contributed by atoms with Crippen molar-refractivity contribution >= 4 is 5.91 Å². The van der Waals surface area contributed by atoms with E-state index >= 15 is 0 Å². The van der Waals surface area contributed by atoms with Gasteiger partial charge in [0, 0.05) is 17.9 Å². The molecule has 0 heterocycles. The molecule has 3 N–H and O–H groups in total. The molecule has 1 amide bonds. The van der Waals surface area contributed by atoms with E-state index in [0.29, 0.717) is 0 Å². The van der Waals surface area contributed by atoms with Gasteiger partial charge in [0.15, 0.2) is 6.04 Å². The van der Waals surface area contributed by atoms with Gasteiger partial charge in [-0.25, -0.2) is 0 Å². The van der Waals surface area contributed by atoms with Crippen molar-refractivity contribution in [2.45, 2.75) is 32.1 Å². The van der Waals surface area contributed by atoms with E-state index in [9.17, 15) is 10.0 Å². The minimum absolute atomic E-state index is 0.918. The lowest BCUT2D eigenvalue weighted by Crippen LogP contribution is -3.16. The van der Waals surface area contributed by atoms with Crippen LogP contribution in [0, 0.1) is 5.21 Å². The average Bonchev–Trinajstić information content (AvgIpc) is 2.50. The number of amides is 1. The second-order valence-electron chi connectivity index (χ2n) is 2.99. The summed E-state index contributed by atoms with van der Waals surface area (Å²) < 4.78 is 106. The number of nitrogens with one attached hydrogen (secondary N) is 1. The van der Waals surface area contributed by atoms with Crippen molar-refractivity contribution in [2.24, 2.45) is 5.73 Å². The monoisotopic (exact) mass is 237 g/mol. The Morgan fingerprint density at radius 1 is 1.50 bits per heavy atom. The van der Waals surface area contributed by atoms with Gasteiger partial charge in [-0.15, -0.1) is 0 Å². The fourth-order valence-electron chi connectivity index (χ4n) is 1.02. The SMILES string of the molecule is [2H]c1c([2H])c([2H])c(C([13C](N)=O)[NH+]([O-])C(C([2H])([2H])[2H])(C([2H])([2H])[2H])C([2H])([2H])[2H])c([2H])c1[2H]. The predicted molar refractivity (Wildman–Crippen MR) is 62.5 cm³/mol. The van der Waals surface area contributed by atoms with E-state index in [1.54, 1.807) is 0 Å². The summed E-state index contributed by atoms with van der Waals surface area (Å²) in [4.78, 5) is 12.1. The highest BCUT2D eigenvalue weighted by Gasteiger charge is 2.31. The van der Waals surface area contributed by atoms with Crippen LogP contribution in [0.5, 0.6) is 0 Å². The molecular formula is C12H18N2O2. The third kappa shape index (κ3) is 2.81. The lowest BCUT2D eigenvalue weighted by atomic mass is 10.0. The predicted octanol–water partition coefficient (Wildman–Crippen LogP) is 0.394. The van der Waals surface area contributed by atoms with Gasteiger partial charge in [0.05, 0.1) is 12.4 Å². The van der Waals surface area contributed by atoms with E-state index in [0.717, 1.165) is 0 Å². The third-order valence-electron chi connectivity index (χ3n) is 1.72. The van der Waals surface area contributed by atoms with Crippen LogP contribution in [0.25, 0.3) is 0 Å².